The van der Waals surface area contributed by atoms with E-state index in [1.807, 2.05) is 37.3 Å². The van der Waals surface area contributed by atoms with E-state index in [2.05, 4.69) is 15.0 Å². The first-order valence-corrected chi connectivity index (χ1v) is 9.31. The number of halogens is 1. The maximum Gasteiger partial charge on any atom is 0.213 e. The normalized spacial score (nSPS) is 11.8. The number of hydrogen-bond acceptors (Lipinski definition) is 4. The van der Waals surface area contributed by atoms with Gasteiger partial charge in [-0.3, -0.25) is 4.99 Å². The average Bonchev–Trinajstić information content (AvgIpc) is 2.54. The number of nitrogens with one attached hydrogen (secondary N) is 2. The van der Waals surface area contributed by atoms with Gasteiger partial charge >= 0.3 is 0 Å². The van der Waals surface area contributed by atoms with Crippen molar-refractivity contribution in [1.29, 1.82) is 0 Å². The zero-order valence-electron chi connectivity index (χ0n) is 13.9. The van der Waals surface area contributed by atoms with Crippen molar-refractivity contribution in [3.8, 4) is 0 Å². The van der Waals surface area contributed by atoms with Crippen molar-refractivity contribution < 1.29 is 13.2 Å². The molecule has 4 N–H and O–H groups in total. The molecule has 0 spiro atoms. The molecular formula is C15H27IN4O3S. The largest absolute Gasteiger partial charge is 0.382 e. The van der Waals surface area contributed by atoms with Crippen LogP contribution in [0.3, 0.4) is 0 Å². The molecule has 0 heterocycles. The number of hydrogen-bond donors (Lipinski definition) is 3. The minimum absolute atomic E-state index is 0. The molecule has 0 aliphatic carbocycles. The molecule has 0 aliphatic heterocycles. The first-order valence-electron chi connectivity index (χ1n) is 7.66. The van der Waals surface area contributed by atoms with Crippen LogP contribution < -0.4 is 15.8 Å². The van der Waals surface area contributed by atoms with E-state index in [0.29, 0.717) is 19.8 Å². The quantitative estimate of drug-likeness (QED) is 0.194. The number of nitrogens with zero attached hydrogens (tertiary/aromatic N) is 1. The molecule has 0 aliphatic rings. The van der Waals surface area contributed by atoms with Gasteiger partial charge in [0.2, 0.25) is 10.0 Å². The van der Waals surface area contributed by atoms with Crippen LogP contribution in [0.4, 0.5) is 0 Å². The number of guanidine groups is 1. The van der Waals surface area contributed by atoms with Crippen LogP contribution in [0.15, 0.2) is 35.3 Å². The molecule has 1 aromatic rings. The van der Waals surface area contributed by atoms with Gasteiger partial charge in [-0.25, -0.2) is 13.1 Å². The summed E-state index contributed by atoms with van der Waals surface area (Å²) in [4.78, 5) is 4.10. The number of benzene rings is 1. The lowest BCUT2D eigenvalue weighted by molar-refractivity contribution is 0.146. The van der Waals surface area contributed by atoms with Crippen LogP contribution in [0.1, 0.15) is 18.9 Å². The molecule has 7 nitrogen and oxygen atoms in total. The molecule has 0 saturated carbocycles. The van der Waals surface area contributed by atoms with Crippen molar-refractivity contribution in [3.05, 3.63) is 35.9 Å². The Morgan fingerprint density at radius 1 is 1.29 bits per heavy atom. The summed E-state index contributed by atoms with van der Waals surface area (Å²) in [5.41, 5.74) is 6.58. The summed E-state index contributed by atoms with van der Waals surface area (Å²) in [7, 11) is -3.35. The minimum Gasteiger partial charge on any atom is -0.382 e. The molecule has 1 rings (SSSR count). The third-order valence-corrected chi connectivity index (χ3v) is 4.27. The van der Waals surface area contributed by atoms with E-state index in [9.17, 15) is 8.42 Å². The molecule has 0 fully saturated rings. The lowest BCUT2D eigenvalue weighted by atomic mass is 10.2. The van der Waals surface area contributed by atoms with Crippen molar-refractivity contribution in [1.82, 2.24) is 10.0 Å². The smallest absolute Gasteiger partial charge is 0.213 e. The predicted octanol–water partition coefficient (Wildman–Crippen LogP) is 1.05. The molecule has 1 aromatic carbocycles. The number of ether oxygens (including phenoxy) is 1. The minimum atomic E-state index is -3.35. The van der Waals surface area contributed by atoms with E-state index < -0.39 is 10.0 Å². The summed E-state index contributed by atoms with van der Waals surface area (Å²) < 4.78 is 31.5. The molecule has 0 atom stereocenters. The summed E-state index contributed by atoms with van der Waals surface area (Å²) in [5, 5.41) is 2.80. The Kier molecular flexibility index (Phi) is 12.9. The zero-order valence-corrected chi connectivity index (χ0v) is 17.0. The lowest BCUT2D eigenvalue weighted by Crippen LogP contribution is -2.38. The van der Waals surface area contributed by atoms with E-state index >= 15 is 0 Å². The monoisotopic (exact) mass is 470 g/mol. The van der Waals surface area contributed by atoms with Gasteiger partial charge in [0.15, 0.2) is 5.96 Å². The second kappa shape index (κ2) is 13.4. The highest BCUT2D eigenvalue weighted by Gasteiger charge is 2.09. The highest BCUT2D eigenvalue weighted by molar-refractivity contribution is 14.0. The number of sulfonamides is 1. The van der Waals surface area contributed by atoms with Crippen molar-refractivity contribution in [2.45, 2.75) is 19.9 Å². The Hall–Kier alpha value is -0.910. The zero-order chi connectivity index (χ0) is 17.0. The fourth-order valence-electron chi connectivity index (χ4n) is 1.74. The summed E-state index contributed by atoms with van der Waals surface area (Å²) >= 11 is 0. The highest BCUT2D eigenvalue weighted by atomic mass is 127. The number of rotatable bonds is 11. The van der Waals surface area contributed by atoms with Crippen LogP contribution in [-0.2, 0) is 21.3 Å². The van der Waals surface area contributed by atoms with Crippen molar-refractivity contribution in [2.75, 3.05) is 32.1 Å². The summed E-state index contributed by atoms with van der Waals surface area (Å²) in [5.74, 6) is 0.189. The molecule has 9 heteroatoms. The topological polar surface area (TPSA) is 106 Å². The van der Waals surface area contributed by atoms with Crippen LogP contribution in [0.25, 0.3) is 0 Å². The van der Waals surface area contributed by atoms with E-state index in [0.717, 1.165) is 12.0 Å². The molecule has 138 valence electrons. The Morgan fingerprint density at radius 3 is 2.67 bits per heavy atom. The molecule has 24 heavy (non-hydrogen) atoms. The average molecular weight is 470 g/mol. The fraction of sp³-hybridized carbons (Fsp3) is 0.533. The van der Waals surface area contributed by atoms with Crippen molar-refractivity contribution in [2.24, 2.45) is 10.7 Å². The van der Waals surface area contributed by atoms with Gasteiger partial charge in [0, 0.05) is 32.8 Å². The van der Waals surface area contributed by atoms with Crippen LogP contribution in [0.5, 0.6) is 0 Å². The molecule has 0 aromatic heterocycles. The van der Waals surface area contributed by atoms with Crippen LogP contribution in [-0.4, -0.2) is 46.4 Å². The third-order valence-electron chi connectivity index (χ3n) is 2.95. The first kappa shape index (κ1) is 23.1. The summed E-state index contributed by atoms with van der Waals surface area (Å²) in [6.07, 6.45) is 0.785. The van der Waals surface area contributed by atoms with Crippen molar-refractivity contribution in [3.63, 3.8) is 0 Å². The van der Waals surface area contributed by atoms with Crippen molar-refractivity contribution >= 4 is 40.0 Å². The summed E-state index contributed by atoms with van der Waals surface area (Å²) in [6.45, 7) is 4.31. The first-order chi connectivity index (χ1) is 11.0. The van der Waals surface area contributed by atoms with Gasteiger partial charge in [0.1, 0.15) is 0 Å². The van der Waals surface area contributed by atoms with Crippen LogP contribution >= 0.6 is 24.0 Å². The van der Waals surface area contributed by atoms with Gasteiger partial charge in [-0.15, -0.1) is 24.0 Å². The molecule has 0 saturated heterocycles. The second-order valence-corrected chi connectivity index (χ2v) is 6.80. The highest BCUT2D eigenvalue weighted by Crippen LogP contribution is 1.98. The molecule has 0 bridgehead atoms. The fourth-order valence-corrected chi connectivity index (χ4v) is 2.64. The van der Waals surface area contributed by atoms with E-state index in [4.69, 9.17) is 10.5 Å². The predicted molar refractivity (Wildman–Crippen MR) is 108 cm³/mol. The third kappa shape index (κ3) is 11.6. The second-order valence-electron chi connectivity index (χ2n) is 4.87. The standard InChI is InChI=1S/C15H26N4O3S.HI/c1-2-22-11-6-9-17-15(16)18-10-12-23(20,21)19-13-14-7-4-3-5-8-14;/h3-5,7-8,19H,2,6,9-13H2,1H3,(H3,16,17,18);1H. The number of nitrogens with two attached hydrogens (primary N) is 1. The van der Waals surface area contributed by atoms with Gasteiger partial charge < -0.3 is 15.8 Å². The molecular weight excluding hydrogens is 443 g/mol. The summed E-state index contributed by atoms with van der Waals surface area (Å²) in [6, 6.07) is 9.36. The Bertz CT molecular complexity index is 567. The van der Waals surface area contributed by atoms with Crippen LogP contribution in [0.2, 0.25) is 0 Å². The van der Waals surface area contributed by atoms with Gasteiger partial charge in [0.05, 0.1) is 5.75 Å². The Morgan fingerprint density at radius 2 is 2.00 bits per heavy atom. The van der Waals surface area contributed by atoms with E-state index in [1.54, 1.807) is 0 Å². The Labute approximate surface area is 161 Å². The van der Waals surface area contributed by atoms with Gasteiger partial charge in [-0.1, -0.05) is 30.3 Å². The Balaban J connectivity index is 0.00000529. The molecule has 0 amide bonds. The molecule has 0 radical (unpaired) electrons. The SMILES string of the molecule is CCOCCCN=C(N)NCCS(=O)(=O)NCc1ccccc1.I. The molecule has 0 unspecified atom stereocenters. The maximum atomic E-state index is 11.9. The van der Waals surface area contributed by atoms with Gasteiger partial charge in [-0.05, 0) is 18.9 Å². The van der Waals surface area contributed by atoms with E-state index in [-0.39, 0.29) is 48.8 Å². The van der Waals surface area contributed by atoms with E-state index in [1.165, 1.54) is 0 Å². The lowest BCUT2D eigenvalue weighted by Gasteiger charge is -2.08. The maximum absolute atomic E-state index is 11.9. The van der Waals surface area contributed by atoms with Gasteiger partial charge in [0.25, 0.3) is 0 Å². The number of aliphatic imine (C=N–C) groups is 1. The van der Waals surface area contributed by atoms with Crippen LogP contribution in [0, 0.1) is 0 Å². The van der Waals surface area contributed by atoms with Gasteiger partial charge in [-0.2, -0.15) is 0 Å².